The van der Waals surface area contributed by atoms with Gasteiger partial charge in [0.1, 0.15) is 5.82 Å². The molecule has 1 amide bonds. The number of oxime groups is 1. The first-order valence-corrected chi connectivity index (χ1v) is 7.87. The molecule has 1 fully saturated rings. The molecule has 2 aliphatic rings. The van der Waals surface area contributed by atoms with Crippen LogP contribution in [0, 0.1) is 5.82 Å². The lowest BCUT2D eigenvalue weighted by Gasteiger charge is -2.39. The van der Waals surface area contributed by atoms with Crippen molar-refractivity contribution in [3.05, 3.63) is 35.6 Å². The third kappa shape index (κ3) is 2.85. The standard InChI is InChI=1S/C17H21FN2O2/c1-11-4-3-5-12(2)20(11)17(21)16-10-15(19-22-16)13-6-8-14(18)9-7-13/h6-9,11-12,16H,3-5,10H2,1-2H3/t11-,12+,16-/m1/s1. The molecule has 1 aromatic rings. The number of rotatable bonds is 2. The van der Waals surface area contributed by atoms with E-state index >= 15 is 0 Å². The summed E-state index contributed by atoms with van der Waals surface area (Å²) >= 11 is 0. The quantitative estimate of drug-likeness (QED) is 0.842. The average molecular weight is 304 g/mol. The first-order valence-electron chi connectivity index (χ1n) is 7.87. The number of nitrogens with zero attached hydrogens (tertiary/aromatic N) is 2. The van der Waals surface area contributed by atoms with Gasteiger partial charge in [0.2, 0.25) is 6.10 Å². The lowest BCUT2D eigenvalue weighted by atomic mass is 9.96. The molecule has 1 aromatic carbocycles. The molecular formula is C17H21FN2O2. The number of hydrogen-bond donors (Lipinski definition) is 0. The Balaban J connectivity index is 1.68. The van der Waals surface area contributed by atoms with Crippen molar-refractivity contribution in [3.63, 3.8) is 0 Å². The molecular weight excluding hydrogens is 283 g/mol. The lowest BCUT2D eigenvalue weighted by Crippen LogP contribution is -2.51. The predicted molar refractivity (Wildman–Crippen MR) is 82.0 cm³/mol. The average Bonchev–Trinajstić information content (AvgIpc) is 2.97. The Morgan fingerprint density at radius 3 is 2.50 bits per heavy atom. The summed E-state index contributed by atoms with van der Waals surface area (Å²) in [6.45, 7) is 4.18. The van der Waals surface area contributed by atoms with Gasteiger partial charge in [-0.1, -0.05) is 17.3 Å². The van der Waals surface area contributed by atoms with Gasteiger partial charge in [-0.3, -0.25) is 4.79 Å². The van der Waals surface area contributed by atoms with Crippen LogP contribution in [0.25, 0.3) is 0 Å². The maximum atomic E-state index is 13.0. The van der Waals surface area contributed by atoms with Gasteiger partial charge in [0.05, 0.1) is 5.71 Å². The third-order valence-electron chi connectivity index (χ3n) is 4.57. The Labute approximate surface area is 129 Å². The van der Waals surface area contributed by atoms with E-state index < -0.39 is 6.10 Å². The van der Waals surface area contributed by atoms with Crippen molar-refractivity contribution >= 4 is 11.6 Å². The highest BCUT2D eigenvalue weighted by atomic mass is 19.1. The predicted octanol–water partition coefficient (Wildman–Crippen LogP) is 3.11. The molecule has 0 spiro atoms. The van der Waals surface area contributed by atoms with Crippen LogP contribution in [0.5, 0.6) is 0 Å². The Morgan fingerprint density at radius 1 is 1.23 bits per heavy atom. The highest BCUT2D eigenvalue weighted by Crippen LogP contribution is 2.26. The first kappa shape index (κ1) is 15.0. The van der Waals surface area contributed by atoms with E-state index in [0.717, 1.165) is 24.8 Å². The summed E-state index contributed by atoms with van der Waals surface area (Å²) in [7, 11) is 0. The Kier molecular flexibility index (Phi) is 4.14. The van der Waals surface area contributed by atoms with Gasteiger partial charge in [-0.2, -0.15) is 0 Å². The molecule has 3 atom stereocenters. The maximum Gasteiger partial charge on any atom is 0.267 e. The second-order valence-corrected chi connectivity index (χ2v) is 6.22. The van der Waals surface area contributed by atoms with Crippen molar-refractivity contribution in [2.45, 2.75) is 57.7 Å². The van der Waals surface area contributed by atoms with Crippen LogP contribution in [0.1, 0.15) is 45.1 Å². The molecule has 4 nitrogen and oxygen atoms in total. The van der Waals surface area contributed by atoms with E-state index in [-0.39, 0.29) is 23.8 Å². The number of halogens is 1. The topological polar surface area (TPSA) is 41.9 Å². The molecule has 0 N–H and O–H groups in total. The van der Waals surface area contributed by atoms with E-state index in [9.17, 15) is 9.18 Å². The molecule has 2 heterocycles. The smallest absolute Gasteiger partial charge is 0.267 e. The highest BCUT2D eigenvalue weighted by Gasteiger charge is 2.37. The zero-order chi connectivity index (χ0) is 15.7. The molecule has 3 rings (SSSR count). The van der Waals surface area contributed by atoms with Gasteiger partial charge in [-0.25, -0.2) is 4.39 Å². The van der Waals surface area contributed by atoms with Crippen molar-refractivity contribution < 1.29 is 14.0 Å². The van der Waals surface area contributed by atoms with Crippen LogP contribution in [0.2, 0.25) is 0 Å². The number of piperidine rings is 1. The monoisotopic (exact) mass is 304 g/mol. The molecule has 0 unspecified atom stereocenters. The molecule has 5 heteroatoms. The molecule has 2 aliphatic heterocycles. The van der Waals surface area contributed by atoms with Crippen molar-refractivity contribution in [2.75, 3.05) is 0 Å². The number of benzene rings is 1. The Bertz CT molecular complexity index is 575. The van der Waals surface area contributed by atoms with Crippen LogP contribution in [-0.2, 0) is 9.63 Å². The van der Waals surface area contributed by atoms with Crippen LogP contribution in [0.15, 0.2) is 29.4 Å². The molecule has 0 aliphatic carbocycles. The fourth-order valence-electron chi connectivity index (χ4n) is 3.34. The molecule has 0 aromatic heterocycles. The van der Waals surface area contributed by atoms with Crippen molar-refractivity contribution in [2.24, 2.45) is 5.16 Å². The summed E-state index contributed by atoms with van der Waals surface area (Å²) in [5.41, 5.74) is 1.51. The van der Waals surface area contributed by atoms with E-state index in [4.69, 9.17) is 4.84 Å². The number of amides is 1. The van der Waals surface area contributed by atoms with Crippen LogP contribution in [-0.4, -0.2) is 34.7 Å². The Hall–Kier alpha value is -1.91. The van der Waals surface area contributed by atoms with Crippen molar-refractivity contribution in [1.29, 1.82) is 0 Å². The van der Waals surface area contributed by atoms with Gasteiger partial charge in [-0.15, -0.1) is 0 Å². The summed E-state index contributed by atoms with van der Waals surface area (Å²) < 4.78 is 13.0. The van der Waals surface area contributed by atoms with Gasteiger partial charge in [0.15, 0.2) is 0 Å². The summed E-state index contributed by atoms with van der Waals surface area (Å²) in [6, 6.07) is 6.60. The molecule has 0 saturated carbocycles. The van der Waals surface area contributed by atoms with E-state index in [1.54, 1.807) is 12.1 Å². The number of carbonyl (C=O) groups is 1. The lowest BCUT2D eigenvalue weighted by molar-refractivity contribution is -0.148. The minimum absolute atomic E-state index is 0.0144. The molecule has 0 radical (unpaired) electrons. The van der Waals surface area contributed by atoms with Crippen LogP contribution in [0.3, 0.4) is 0 Å². The normalized spacial score (nSPS) is 28.2. The molecule has 22 heavy (non-hydrogen) atoms. The van der Waals surface area contributed by atoms with Gasteiger partial charge >= 0.3 is 0 Å². The SMILES string of the molecule is C[C@@H]1CCC[C@H](C)N1C(=O)[C@H]1CC(c2ccc(F)cc2)=NO1. The number of likely N-dealkylation sites (tertiary alicyclic amines) is 1. The summed E-state index contributed by atoms with van der Waals surface area (Å²) in [5.74, 6) is -0.271. The maximum absolute atomic E-state index is 13.0. The van der Waals surface area contributed by atoms with Gasteiger partial charge in [0, 0.05) is 18.5 Å². The zero-order valence-electron chi connectivity index (χ0n) is 13.0. The fraction of sp³-hybridized carbons (Fsp3) is 0.529. The third-order valence-corrected chi connectivity index (χ3v) is 4.57. The minimum Gasteiger partial charge on any atom is -0.382 e. The van der Waals surface area contributed by atoms with Crippen molar-refractivity contribution in [3.8, 4) is 0 Å². The summed E-state index contributed by atoms with van der Waals surface area (Å²) in [4.78, 5) is 20.0. The van der Waals surface area contributed by atoms with Crippen LogP contribution in [0.4, 0.5) is 4.39 Å². The molecule has 1 saturated heterocycles. The minimum atomic E-state index is -0.553. The largest absolute Gasteiger partial charge is 0.382 e. The van der Waals surface area contributed by atoms with Gasteiger partial charge < -0.3 is 9.74 Å². The highest BCUT2D eigenvalue weighted by molar-refractivity contribution is 6.04. The van der Waals surface area contributed by atoms with E-state index in [1.807, 2.05) is 4.90 Å². The summed E-state index contributed by atoms with van der Waals surface area (Å²) in [6.07, 6.45) is 3.13. The van der Waals surface area contributed by atoms with E-state index in [0.29, 0.717) is 12.1 Å². The summed E-state index contributed by atoms with van der Waals surface area (Å²) in [5, 5.41) is 4.03. The zero-order valence-corrected chi connectivity index (χ0v) is 13.0. The van der Waals surface area contributed by atoms with Gasteiger partial charge in [0.25, 0.3) is 5.91 Å². The Morgan fingerprint density at radius 2 is 1.86 bits per heavy atom. The second kappa shape index (κ2) is 6.07. The van der Waals surface area contributed by atoms with Crippen LogP contribution < -0.4 is 0 Å². The van der Waals surface area contributed by atoms with Crippen LogP contribution >= 0.6 is 0 Å². The number of carbonyl (C=O) groups excluding carboxylic acids is 1. The first-order chi connectivity index (χ1) is 10.6. The number of hydrogen-bond acceptors (Lipinski definition) is 3. The molecule has 0 bridgehead atoms. The van der Waals surface area contributed by atoms with Crippen molar-refractivity contribution in [1.82, 2.24) is 4.90 Å². The van der Waals surface area contributed by atoms with Gasteiger partial charge in [-0.05, 0) is 50.8 Å². The fourth-order valence-corrected chi connectivity index (χ4v) is 3.34. The second-order valence-electron chi connectivity index (χ2n) is 6.22. The molecule has 118 valence electrons. The van der Waals surface area contributed by atoms with E-state index in [1.165, 1.54) is 12.1 Å². The van der Waals surface area contributed by atoms with E-state index in [2.05, 4.69) is 19.0 Å².